The fourth-order valence-electron chi connectivity index (χ4n) is 3.62. The van der Waals surface area contributed by atoms with Crippen molar-refractivity contribution in [3.05, 3.63) is 59.7 Å². The first-order chi connectivity index (χ1) is 15.6. The van der Waals surface area contributed by atoms with Crippen molar-refractivity contribution in [2.45, 2.75) is 39.3 Å². The molecule has 9 heteroatoms. The van der Waals surface area contributed by atoms with E-state index in [2.05, 4.69) is 5.32 Å². The van der Waals surface area contributed by atoms with Crippen molar-refractivity contribution < 1.29 is 22.7 Å². The van der Waals surface area contributed by atoms with Crippen molar-refractivity contribution in [3.63, 3.8) is 0 Å². The van der Waals surface area contributed by atoms with Crippen molar-refractivity contribution in [1.29, 1.82) is 0 Å². The van der Waals surface area contributed by atoms with Crippen LogP contribution in [0.25, 0.3) is 0 Å². The molecule has 0 heterocycles. The number of para-hydroxylation sites is 2. The first-order valence-electron chi connectivity index (χ1n) is 10.8. The summed E-state index contributed by atoms with van der Waals surface area (Å²) < 4.78 is 31.4. The first-order valence-corrected chi connectivity index (χ1v) is 12.6. The number of aryl methyl sites for hydroxylation is 1. The standard InChI is InChI=1S/C24H33N3O5S/c1-18-10-8-11-20(16-18)17-26(19(2)24(29)25-3)23(28)14-9-15-27(33(5,30)31)21-12-6-7-13-22(21)32-4/h6-8,10-13,16,19H,9,14-15,17H2,1-5H3,(H,25,29)/t19-/m0/s1. The van der Waals surface area contributed by atoms with Crippen LogP contribution >= 0.6 is 0 Å². The summed E-state index contributed by atoms with van der Waals surface area (Å²) in [6, 6.07) is 14.0. The van der Waals surface area contributed by atoms with Crippen molar-refractivity contribution in [1.82, 2.24) is 10.2 Å². The molecule has 0 saturated heterocycles. The summed E-state index contributed by atoms with van der Waals surface area (Å²) in [5.74, 6) is -0.0487. The summed E-state index contributed by atoms with van der Waals surface area (Å²) in [6.45, 7) is 4.05. The van der Waals surface area contributed by atoms with E-state index in [1.807, 2.05) is 31.2 Å². The predicted molar refractivity (Wildman–Crippen MR) is 130 cm³/mol. The van der Waals surface area contributed by atoms with Gasteiger partial charge in [0.1, 0.15) is 11.8 Å². The van der Waals surface area contributed by atoms with Crippen LogP contribution in [0.1, 0.15) is 30.9 Å². The maximum absolute atomic E-state index is 13.1. The number of methoxy groups -OCH3 is 1. The molecule has 0 aromatic heterocycles. The molecular weight excluding hydrogens is 442 g/mol. The number of hydrogen-bond acceptors (Lipinski definition) is 5. The minimum absolute atomic E-state index is 0.0916. The Morgan fingerprint density at radius 2 is 1.82 bits per heavy atom. The molecule has 0 fully saturated rings. The van der Waals surface area contributed by atoms with Crippen molar-refractivity contribution in [2.75, 3.05) is 31.3 Å². The van der Waals surface area contributed by atoms with Gasteiger partial charge in [-0.3, -0.25) is 13.9 Å². The second-order valence-corrected chi connectivity index (χ2v) is 9.82. The molecule has 180 valence electrons. The number of anilines is 1. The Morgan fingerprint density at radius 1 is 1.12 bits per heavy atom. The molecule has 0 aliphatic carbocycles. The second-order valence-electron chi connectivity index (χ2n) is 7.91. The molecule has 8 nitrogen and oxygen atoms in total. The molecule has 0 aliphatic rings. The molecule has 0 saturated carbocycles. The van der Waals surface area contributed by atoms with E-state index in [0.717, 1.165) is 17.4 Å². The number of rotatable bonds is 11. The Morgan fingerprint density at radius 3 is 2.42 bits per heavy atom. The lowest BCUT2D eigenvalue weighted by Gasteiger charge is -2.29. The molecule has 1 atom stereocenters. The number of nitrogens with zero attached hydrogens (tertiary/aromatic N) is 2. The summed E-state index contributed by atoms with van der Waals surface area (Å²) in [5, 5.41) is 2.59. The third-order valence-corrected chi connectivity index (χ3v) is 6.54. The van der Waals surface area contributed by atoms with Crippen LogP contribution in [-0.2, 0) is 26.2 Å². The average Bonchev–Trinajstić information content (AvgIpc) is 2.78. The zero-order chi connectivity index (χ0) is 24.6. The quantitative estimate of drug-likeness (QED) is 0.539. The molecule has 2 aromatic rings. The monoisotopic (exact) mass is 475 g/mol. The Bertz CT molecular complexity index is 1070. The highest BCUT2D eigenvalue weighted by Crippen LogP contribution is 2.29. The van der Waals surface area contributed by atoms with Crippen LogP contribution in [0.15, 0.2) is 48.5 Å². The molecule has 2 aromatic carbocycles. The molecule has 0 radical (unpaired) electrons. The van der Waals surface area contributed by atoms with Crippen LogP contribution in [0, 0.1) is 6.92 Å². The lowest BCUT2D eigenvalue weighted by Crippen LogP contribution is -2.46. The zero-order valence-corrected chi connectivity index (χ0v) is 20.7. The highest BCUT2D eigenvalue weighted by Gasteiger charge is 2.26. The van der Waals surface area contributed by atoms with E-state index in [-0.39, 0.29) is 37.7 Å². The number of likely N-dealkylation sites (N-methyl/N-ethyl adjacent to an activating group) is 1. The fourth-order valence-corrected chi connectivity index (χ4v) is 4.59. The minimum atomic E-state index is -3.59. The maximum Gasteiger partial charge on any atom is 0.242 e. The van der Waals surface area contributed by atoms with Crippen LogP contribution in [0.3, 0.4) is 0 Å². The number of ether oxygens (including phenoxy) is 1. The Labute approximate surface area is 196 Å². The van der Waals surface area contributed by atoms with Gasteiger partial charge in [0.25, 0.3) is 0 Å². The lowest BCUT2D eigenvalue weighted by molar-refractivity contribution is -0.140. The molecule has 0 bridgehead atoms. The molecule has 1 N–H and O–H groups in total. The molecule has 2 rings (SSSR count). The Kier molecular flexibility index (Phi) is 9.28. The number of hydrogen-bond donors (Lipinski definition) is 1. The van der Waals surface area contributed by atoms with Gasteiger partial charge in [-0.2, -0.15) is 0 Å². The highest BCUT2D eigenvalue weighted by molar-refractivity contribution is 7.92. The number of sulfonamides is 1. The number of carbonyl (C=O) groups excluding carboxylic acids is 2. The van der Waals surface area contributed by atoms with Gasteiger partial charge in [-0.25, -0.2) is 8.42 Å². The number of carbonyl (C=O) groups is 2. The van der Waals surface area contributed by atoms with Crippen LogP contribution < -0.4 is 14.4 Å². The highest BCUT2D eigenvalue weighted by atomic mass is 32.2. The summed E-state index contributed by atoms with van der Waals surface area (Å²) in [7, 11) is -0.580. The third-order valence-electron chi connectivity index (χ3n) is 5.36. The topological polar surface area (TPSA) is 96.0 Å². The summed E-state index contributed by atoms with van der Waals surface area (Å²) in [4.78, 5) is 26.9. The summed E-state index contributed by atoms with van der Waals surface area (Å²) in [6.07, 6.45) is 1.50. The molecular formula is C24H33N3O5S. The van der Waals surface area contributed by atoms with Crippen LogP contribution in [-0.4, -0.2) is 58.1 Å². The molecule has 0 aliphatic heterocycles. The molecule has 2 amide bonds. The van der Waals surface area contributed by atoms with Gasteiger partial charge in [0, 0.05) is 26.6 Å². The van der Waals surface area contributed by atoms with Gasteiger partial charge < -0.3 is 15.0 Å². The Balaban J connectivity index is 2.18. The van der Waals surface area contributed by atoms with Crippen LogP contribution in [0.2, 0.25) is 0 Å². The van der Waals surface area contributed by atoms with Gasteiger partial charge in [0.05, 0.1) is 19.1 Å². The Hall–Kier alpha value is -3.07. The van der Waals surface area contributed by atoms with Gasteiger partial charge in [0.2, 0.25) is 21.8 Å². The summed E-state index contributed by atoms with van der Waals surface area (Å²) in [5.41, 5.74) is 2.41. The maximum atomic E-state index is 13.1. The largest absolute Gasteiger partial charge is 0.495 e. The van der Waals surface area contributed by atoms with Gasteiger partial charge in [-0.05, 0) is 38.0 Å². The van der Waals surface area contributed by atoms with E-state index < -0.39 is 16.1 Å². The van der Waals surface area contributed by atoms with E-state index in [0.29, 0.717) is 11.4 Å². The number of amides is 2. The second kappa shape index (κ2) is 11.7. The van der Waals surface area contributed by atoms with E-state index in [9.17, 15) is 18.0 Å². The summed E-state index contributed by atoms with van der Waals surface area (Å²) >= 11 is 0. The SMILES string of the molecule is CNC(=O)[C@H](C)N(Cc1cccc(C)c1)C(=O)CCCN(c1ccccc1OC)S(C)(=O)=O. The molecule has 33 heavy (non-hydrogen) atoms. The number of benzene rings is 2. The minimum Gasteiger partial charge on any atom is -0.495 e. The first kappa shape index (κ1) is 26.2. The lowest BCUT2D eigenvalue weighted by atomic mass is 10.1. The van der Waals surface area contributed by atoms with Gasteiger partial charge in [0.15, 0.2) is 0 Å². The van der Waals surface area contributed by atoms with Gasteiger partial charge in [-0.1, -0.05) is 42.0 Å². The average molecular weight is 476 g/mol. The van der Waals surface area contributed by atoms with E-state index in [4.69, 9.17) is 4.74 Å². The van der Waals surface area contributed by atoms with Gasteiger partial charge in [-0.15, -0.1) is 0 Å². The van der Waals surface area contributed by atoms with Crippen LogP contribution in [0.4, 0.5) is 5.69 Å². The van der Waals surface area contributed by atoms with E-state index >= 15 is 0 Å². The third kappa shape index (κ3) is 7.21. The van der Waals surface area contributed by atoms with E-state index in [1.54, 1.807) is 31.2 Å². The normalized spacial score (nSPS) is 12.0. The van der Waals surface area contributed by atoms with Crippen LogP contribution in [0.5, 0.6) is 5.75 Å². The number of nitrogens with one attached hydrogen (secondary N) is 1. The smallest absolute Gasteiger partial charge is 0.242 e. The van der Waals surface area contributed by atoms with Crippen molar-refractivity contribution in [2.24, 2.45) is 0 Å². The fraction of sp³-hybridized carbons (Fsp3) is 0.417. The predicted octanol–water partition coefficient (Wildman–Crippen LogP) is 2.71. The van der Waals surface area contributed by atoms with Gasteiger partial charge >= 0.3 is 0 Å². The molecule has 0 unspecified atom stereocenters. The molecule has 0 spiro atoms. The van der Waals surface area contributed by atoms with Crippen molar-refractivity contribution >= 4 is 27.5 Å². The van der Waals surface area contributed by atoms with E-state index in [1.165, 1.54) is 23.4 Å². The van der Waals surface area contributed by atoms with Crippen molar-refractivity contribution in [3.8, 4) is 5.75 Å². The zero-order valence-electron chi connectivity index (χ0n) is 19.9.